The molecule has 2 saturated carbocycles. The largest absolute Gasteiger partial charge is 0.481 e. The van der Waals surface area contributed by atoms with Gasteiger partial charge in [-0.15, -0.1) is 5.10 Å². The van der Waals surface area contributed by atoms with Crippen molar-refractivity contribution in [1.82, 2.24) is 14.8 Å². The van der Waals surface area contributed by atoms with Gasteiger partial charge in [0.15, 0.2) is 5.52 Å². The Morgan fingerprint density at radius 3 is 2.38 bits per heavy atom. The first kappa shape index (κ1) is 26.7. The van der Waals surface area contributed by atoms with Gasteiger partial charge >= 0.3 is 11.9 Å². The van der Waals surface area contributed by atoms with Crippen LogP contribution in [0, 0.1) is 43.4 Å². The molecule has 1 N–H and O–H groups in total. The number of aryl methyl sites for hydroxylation is 3. The molecule has 2 fully saturated rings. The number of aliphatic carboxylic acids is 1. The minimum absolute atomic E-state index is 0.0129. The maximum atomic E-state index is 13.4. The highest BCUT2D eigenvalue weighted by Gasteiger charge is 2.39. The second-order valence-electron chi connectivity index (χ2n) is 11.3. The summed E-state index contributed by atoms with van der Waals surface area (Å²) in [5, 5.41) is 14.2. The third kappa shape index (κ3) is 5.10. The minimum atomic E-state index is -0.750. The molecular formula is C31H36N4O4. The van der Waals surface area contributed by atoms with E-state index in [0.29, 0.717) is 36.0 Å². The Morgan fingerprint density at radius 1 is 1.10 bits per heavy atom. The lowest BCUT2D eigenvalue weighted by molar-refractivity contribution is -0.148. The van der Waals surface area contributed by atoms with Crippen molar-refractivity contribution in [2.45, 2.75) is 72.3 Å². The molecule has 0 bridgehead atoms. The van der Waals surface area contributed by atoms with Crippen LogP contribution in [0.3, 0.4) is 0 Å². The predicted octanol–water partition coefficient (Wildman–Crippen LogP) is 5.66. The number of pyridine rings is 1. The maximum Gasteiger partial charge on any atom is 0.308 e. The summed E-state index contributed by atoms with van der Waals surface area (Å²) >= 11 is 0. The van der Waals surface area contributed by atoms with E-state index in [1.807, 2.05) is 33.0 Å². The zero-order chi connectivity index (χ0) is 28.0. The molecule has 0 spiro atoms. The first-order chi connectivity index (χ1) is 18.6. The summed E-state index contributed by atoms with van der Waals surface area (Å²) in [6.45, 7) is 9.74. The molecule has 5 rings (SSSR count). The monoisotopic (exact) mass is 528 g/mol. The van der Waals surface area contributed by atoms with Crippen molar-refractivity contribution in [2.75, 3.05) is 4.90 Å². The number of hydrogen-bond donors (Lipinski definition) is 1. The van der Waals surface area contributed by atoms with Crippen LogP contribution in [0.1, 0.15) is 69.1 Å². The van der Waals surface area contributed by atoms with Gasteiger partial charge in [0, 0.05) is 7.05 Å². The Labute approximate surface area is 229 Å². The number of fused-ring (bicyclic) bond motifs is 1. The van der Waals surface area contributed by atoms with Crippen LogP contribution in [0.25, 0.3) is 11.0 Å². The van der Waals surface area contributed by atoms with Crippen LogP contribution in [0.15, 0.2) is 24.3 Å². The second-order valence-corrected chi connectivity index (χ2v) is 11.3. The van der Waals surface area contributed by atoms with E-state index in [-0.39, 0.29) is 29.8 Å². The molecule has 8 nitrogen and oxygen atoms in total. The van der Waals surface area contributed by atoms with Crippen molar-refractivity contribution >= 4 is 34.4 Å². The zero-order valence-electron chi connectivity index (χ0n) is 23.5. The SMILES string of the molecule is CC#CC(=O)N(c1ccc2c(n1)c(OC1CC(C)C(C(=O)O)C(C)C1)nn2C)c1cc(C)c(C)cc1C1CC1. The van der Waals surface area contributed by atoms with Crippen molar-refractivity contribution in [2.24, 2.45) is 24.8 Å². The molecule has 2 heterocycles. The first-order valence-electron chi connectivity index (χ1n) is 13.7. The molecule has 2 aliphatic carbocycles. The van der Waals surface area contributed by atoms with E-state index in [9.17, 15) is 14.7 Å². The highest BCUT2D eigenvalue weighted by Crippen LogP contribution is 2.47. The van der Waals surface area contributed by atoms with E-state index < -0.39 is 5.97 Å². The second kappa shape index (κ2) is 10.4. The van der Waals surface area contributed by atoms with Crippen LogP contribution in [0.4, 0.5) is 11.5 Å². The molecule has 2 aliphatic rings. The van der Waals surface area contributed by atoms with E-state index in [1.54, 1.807) is 16.5 Å². The zero-order valence-corrected chi connectivity index (χ0v) is 23.5. The van der Waals surface area contributed by atoms with Crippen molar-refractivity contribution in [3.63, 3.8) is 0 Å². The van der Waals surface area contributed by atoms with Gasteiger partial charge in [-0.2, -0.15) is 0 Å². The molecule has 204 valence electrons. The molecular weight excluding hydrogens is 492 g/mol. The van der Waals surface area contributed by atoms with Crippen LogP contribution < -0.4 is 9.64 Å². The van der Waals surface area contributed by atoms with E-state index in [4.69, 9.17) is 9.72 Å². The number of carboxylic acids is 1. The van der Waals surface area contributed by atoms with Crippen molar-refractivity contribution < 1.29 is 19.4 Å². The van der Waals surface area contributed by atoms with Crippen molar-refractivity contribution in [3.05, 3.63) is 41.0 Å². The maximum absolute atomic E-state index is 13.4. The summed E-state index contributed by atoms with van der Waals surface area (Å²) in [6.07, 6.45) is 3.29. The third-order valence-electron chi connectivity index (χ3n) is 8.28. The fraction of sp³-hybridized carbons (Fsp3) is 0.484. The molecule has 8 heteroatoms. The van der Waals surface area contributed by atoms with Crippen molar-refractivity contribution in [1.29, 1.82) is 0 Å². The van der Waals surface area contributed by atoms with Gasteiger partial charge in [-0.05, 0) is 105 Å². The van der Waals surface area contributed by atoms with Crippen LogP contribution in [0.5, 0.6) is 5.88 Å². The topological polar surface area (TPSA) is 97.6 Å². The highest BCUT2D eigenvalue weighted by atomic mass is 16.5. The average molecular weight is 529 g/mol. The molecule has 2 aromatic heterocycles. The Kier molecular flexibility index (Phi) is 7.11. The van der Waals surface area contributed by atoms with Gasteiger partial charge in [-0.3, -0.25) is 19.2 Å². The first-order valence-corrected chi connectivity index (χ1v) is 13.7. The lowest BCUT2D eigenvalue weighted by Crippen LogP contribution is -2.39. The molecule has 0 saturated heterocycles. The third-order valence-corrected chi connectivity index (χ3v) is 8.28. The van der Waals surface area contributed by atoms with Gasteiger partial charge in [0.2, 0.25) is 0 Å². The predicted molar refractivity (Wildman–Crippen MR) is 150 cm³/mol. The average Bonchev–Trinajstić information content (AvgIpc) is 3.66. The standard InChI is InChI=1S/C31H36N4O4/c1-7-8-27(36)35(25-16-18(3)17(2)15-23(25)21-9-10-21)26-12-11-24-29(32-26)30(33-34(24)6)39-22-13-19(4)28(31(37)38)20(5)14-22/h11-12,15-16,19-22,28H,9-10,13-14H2,1-6H3,(H,37,38). The van der Waals surface area contributed by atoms with Gasteiger partial charge in [0.25, 0.3) is 5.88 Å². The van der Waals surface area contributed by atoms with Gasteiger partial charge in [-0.1, -0.05) is 25.8 Å². The number of anilines is 2. The summed E-state index contributed by atoms with van der Waals surface area (Å²) in [5.41, 5.74) is 5.61. The number of rotatable bonds is 6. The lowest BCUT2D eigenvalue weighted by Gasteiger charge is -2.36. The smallest absolute Gasteiger partial charge is 0.308 e. The number of carboxylic acid groups (broad SMARTS) is 1. The molecule has 0 radical (unpaired) electrons. The number of aromatic nitrogens is 3. The number of ether oxygens (including phenoxy) is 1. The Morgan fingerprint density at radius 2 is 1.77 bits per heavy atom. The molecule has 2 unspecified atom stereocenters. The molecule has 0 aliphatic heterocycles. The van der Waals surface area contributed by atoms with Gasteiger partial charge < -0.3 is 9.84 Å². The number of benzene rings is 1. The number of hydrogen-bond acceptors (Lipinski definition) is 5. The fourth-order valence-corrected chi connectivity index (χ4v) is 6.06. The quantitative estimate of drug-likeness (QED) is 0.415. The van der Waals surface area contributed by atoms with Crippen LogP contribution in [-0.4, -0.2) is 37.9 Å². The number of amides is 1. The summed E-state index contributed by atoms with van der Waals surface area (Å²) in [5.74, 6) is 5.26. The highest BCUT2D eigenvalue weighted by molar-refractivity contribution is 6.11. The molecule has 39 heavy (non-hydrogen) atoms. The Hall–Kier alpha value is -3.86. The van der Waals surface area contributed by atoms with Crippen LogP contribution >= 0.6 is 0 Å². The van der Waals surface area contributed by atoms with Gasteiger partial charge in [0.1, 0.15) is 11.9 Å². The van der Waals surface area contributed by atoms with E-state index in [0.717, 1.165) is 35.2 Å². The Balaban J connectivity index is 1.55. The molecule has 2 atom stereocenters. The number of nitrogens with zero attached hydrogens (tertiary/aromatic N) is 4. The number of carbonyl (C=O) groups is 2. The summed E-state index contributed by atoms with van der Waals surface area (Å²) in [6, 6.07) is 7.99. The molecule has 1 amide bonds. The fourth-order valence-electron chi connectivity index (χ4n) is 6.06. The summed E-state index contributed by atoms with van der Waals surface area (Å²) < 4.78 is 8.12. The normalized spacial score (nSPS) is 22.7. The van der Waals surface area contributed by atoms with Crippen LogP contribution in [-0.2, 0) is 16.6 Å². The summed E-state index contributed by atoms with van der Waals surface area (Å²) in [4.78, 5) is 31.7. The lowest BCUT2D eigenvalue weighted by atomic mass is 9.72. The number of carbonyl (C=O) groups excluding carboxylic acids is 1. The Bertz CT molecular complexity index is 1500. The van der Waals surface area contributed by atoms with Crippen molar-refractivity contribution in [3.8, 4) is 17.7 Å². The van der Waals surface area contributed by atoms with Gasteiger partial charge in [-0.25, -0.2) is 4.98 Å². The van der Waals surface area contributed by atoms with E-state index in [1.165, 1.54) is 5.56 Å². The van der Waals surface area contributed by atoms with Crippen LogP contribution in [0.2, 0.25) is 0 Å². The van der Waals surface area contributed by atoms with Gasteiger partial charge in [0.05, 0.1) is 17.1 Å². The molecule has 3 aromatic rings. The van der Waals surface area contributed by atoms with E-state index in [2.05, 4.69) is 42.9 Å². The summed E-state index contributed by atoms with van der Waals surface area (Å²) in [7, 11) is 1.84. The molecule has 1 aromatic carbocycles. The van der Waals surface area contributed by atoms with E-state index >= 15 is 0 Å². The minimum Gasteiger partial charge on any atom is -0.481 e.